The van der Waals surface area contributed by atoms with Crippen LogP contribution in [-0.4, -0.2) is 99.5 Å². The first kappa shape index (κ1) is 34.6. The summed E-state index contributed by atoms with van der Waals surface area (Å²) in [5, 5.41) is 11.5. The number of anilines is 1. The highest BCUT2D eigenvalue weighted by Crippen LogP contribution is 2.44. The minimum atomic E-state index is -2.84. The molecule has 4 N–H and O–H groups in total. The van der Waals surface area contributed by atoms with Gasteiger partial charge < -0.3 is 35.1 Å². The highest BCUT2D eigenvalue weighted by molar-refractivity contribution is 8.14. The van der Waals surface area contributed by atoms with Crippen LogP contribution < -0.4 is 21.4 Å². The number of hydrogen-bond donors (Lipinski definition) is 3. The van der Waals surface area contributed by atoms with Crippen molar-refractivity contribution in [2.24, 2.45) is 5.73 Å². The molecule has 1 aromatic carbocycles. The molecule has 4 heterocycles. The first-order valence-electron chi connectivity index (χ1n) is 14.7. The van der Waals surface area contributed by atoms with Crippen LogP contribution in [0.4, 0.5) is 18.9 Å². The smallest absolute Gasteiger partial charge is 0.352 e. The Morgan fingerprint density at radius 2 is 2.00 bits per heavy atom. The summed E-state index contributed by atoms with van der Waals surface area (Å²) < 4.78 is 53.1. The Morgan fingerprint density at radius 3 is 2.60 bits per heavy atom. The summed E-state index contributed by atoms with van der Waals surface area (Å²) in [7, 11) is 1.06. The Morgan fingerprint density at radius 1 is 1.27 bits per heavy atom. The number of carbonyl (C=O) groups is 4. The second-order valence-corrected chi connectivity index (χ2v) is 14.0. The van der Waals surface area contributed by atoms with Gasteiger partial charge in [-0.25, -0.2) is 9.18 Å². The fraction of sp³-hybridized carbons (Fsp3) is 0.483. The lowest BCUT2D eigenvalue weighted by Gasteiger charge is -2.55. The van der Waals surface area contributed by atoms with E-state index in [1.165, 1.54) is 6.20 Å². The number of halogens is 4. The largest absolute Gasteiger partial charge is 0.477 e. The maximum Gasteiger partial charge on any atom is 0.352 e. The third kappa shape index (κ3) is 5.95. The molecule has 0 bridgehead atoms. The average Bonchev–Trinajstić information content (AvgIpc) is 3.81. The molecule has 2 amide bonds. The van der Waals surface area contributed by atoms with Crippen molar-refractivity contribution >= 4 is 74.6 Å². The van der Waals surface area contributed by atoms with Crippen LogP contribution in [0.3, 0.4) is 0 Å². The fourth-order valence-electron chi connectivity index (χ4n) is 6.16. The summed E-state index contributed by atoms with van der Waals surface area (Å²) in [4.78, 5) is 67.3. The van der Waals surface area contributed by atoms with E-state index in [1.807, 2.05) is 0 Å². The lowest BCUT2D eigenvalue weighted by Crippen LogP contribution is -2.82. The normalized spacial score (nSPS) is 23.9. The molecule has 48 heavy (non-hydrogen) atoms. The van der Waals surface area contributed by atoms with Crippen LogP contribution in [0.2, 0.25) is 5.02 Å². The zero-order valence-electron chi connectivity index (χ0n) is 25.2. The van der Waals surface area contributed by atoms with Crippen molar-refractivity contribution in [2.75, 3.05) is 43.2 Å². The van der Waals surface area contributed by atoms with Gasteiger partial charge in [0, 0.05) is 44.2 Å². The van der Waals surface area contributed by atoms with Gasteiger partial charge in [0.1, 0.15) is 11.5 Å². The van der Waals surface area contributed by atoms with Crippen LogP contribution >= 0.6 is 35.1 Å². The number of aromatic nitrogens is 1. The standard InChI is InChI=1S/C29H29ClF3N5O8S2/c1-45-29(35-18(39)11-48-28(32)33)26(44)38-20(24(41)42)12(9-46-27(29)38)10-47-25(43)16-8-37(14-2-3-14)21-15(23(16)40)6-17(31)22(19(21)30)36-5-4-13(34)7-36/h6,8,13-14,27-28H,2-5,7,9-11,34H2,1H3,(H,35,39)(H,41,42)/t13?,27-,29-/m1/s1. The second kappa shape index (κ2) is 13.2. The lowest BCUT2D eigenvalue weighted by atomic mass is 9.94. The first-order chi connectivity index (χ1) is 22.8. The Balaban J connectivity index is 1.26. The van der Waals surface area contributed by atoms with Crippen molar-refractivity contribution in [3.63, 3.8) is 0 Å². The predicted octanol–water partition coefficient (Wildman–Crippen LogP) is 2.49. The third-order valence-corrected chi connectivity index (χ3v) is 10.6. The lowest BCUT2D eigenvalue weighted by molar-refractivity contribution is -0.257. The molecule has 0 spiro atoms. The zero-order valence-corrected chi connectivity index (χ0v) is 27.6. The van der Waals surface area contributed by atoms with Gasteiger partial charge in [0.05, 0.1) is 39.5 Å². The van der Waals surface area contributed by atoms with E-state index >= 15 is 4.39 Å². The van der Waals surface area contributed by atoms with Gasteiger partial charge in [-0.3, -0.25) is 24.1 Å². The van der Waals surface area contributed by atoms with E-state index in [1.54, 1.807) is 9.47 Å². The molecule has 3 atom stereocenters. The molecule has 13 nitrogen and oxygen atoms in total. The first-order valence-corrected chi connectivity index (χ1v) is 17.1. The number of hydrogen-bond acceptors (Lipinski definition) is 11. The number of nitrogens with zero attached hydrogens (tertiary/aromatic N) is 3. The van der Waals surface area contributed by atoms with E-state index in [9.17, 15) is 37.9 Å². The quantitative estimate of drug-likeness (QED) is 0.228. The molecule has 4 aliphatic rings. The van der Waals surface area contributed by atoms with Crippen molar-refractivity contribution in [3.8, 4) is 0 Å². The van der Waals surface area contributed by atoms with Crippen molar-refractivity contribution < 1.29 is 46.9 Å². The van der Waals surface area contributed by atoms with Crippen LogP contribution in [-0.2, 0) is 23.9 Å². The van der Waals surface area contributed by atoms with Crippen LogP contribution in [0, 0.1) is 5.82 Å². The Bertz CT molecular complexity index is 1830. The van der Waals surface area contributed by atoms with Crippen LogP contribution in [0.5, 0.6) is 0 Å². The summed E-state index contributed by atoms with van der Waals surface area (Å²) in [6, 6.07) is 0.855. The Hall–Kier alpha value is -3.29. The molecule has 1 unspecified atom stereocenters. The molecule has 1 aliphatic carbocycles. The SMILES string of the molecule is CO[C@]1(NC(=O)CSC(F)F)C(=O)N2C(C(=O)O)=C(CSC(=O)c3cn(C4CC4)c4c(Cl)c(N5CCC(N)C5)c(F)cc4c3=O)CO[C@@H]21. The number of ether oxygens (including phenoxy) is 2. The van der Waals surface area contributed by atoms with Crippen molar-refractivity contribution in [1.29, 1.82) is 0 Å². The molecule has 258 valence electrons. The summed E-state index contributed by atoms with van der Waals surface area (Å²) in [6.07, 6.45) is 2.11. The van der Waals surface area contributed by atoms with Gasteiger partial charge in [0.2, 0.25) is 16.5 Å². The maximum absolute atomic E-state index is 15.5. The number of rotatable bonds is 11. The van der Waals surface area contributed by atoms with Gasteiger partial charge in [0.25, 0.3) is 17.4 Å². The van der Waals surface area contributed by atoms with Crippen molar-refractivity contribution in [2.45, 2.75) is 49.1 Å². The van der Waals surface area contributed by atoms with Crippen molar-refractivity contribution in [1.82, 2.24) is 14.8 Å². The average molecular weight is 732 g/mol. The Labute approximate surface area is 283 Å². The summed E-state index contributed by atoms with van der Waals surface area (Å²) >= 11 is 7.37. The third-order valence-electron chi connectivity index (χ3n) is 8.56. The van der Waals surface area contributed by atoms with E-state index < -0.39 is 69.9 Å². The molecule has 2 aromatic rings. The van der Waals surface area contributed by atoms with E-state index in [2.05, 4.69) is 5.32 Å². The van der Waals surface area contributed by atoms with Gasteiger partial charge >= 0.3 is 5.97 Å². The highest BCUT2D eigenvalue weighted by Gasteiger charge is 2.67. The van der Waals surface area contributed by atoms with Gasteiger partial charge in [-0.2, -0.15) is 8.78 Å². The molecule has 1 aromatic heterocycles. The molecule has 3 aliphatic heterocycles. The van der Waals surface area contributed by atoms with Gasteiger partial charge in [-0.1, -0.05) is 35.1 Å². The topological polar surface area (TPSA) is 174 Å². The number of carboxylic acid groups (broad SMARTS) is 1. The van der Waals surface area contributed by atoms with Crippen LogP contribution in [0.15, 0.2) is 28.3 Å². The minimum Gasteiger partial charge on any atom is -0.477 e. The number of benzene rings is 1. The van der Waals surface area contributed by atoms with Crippen molar-refractivity contribution in [3.05, 3.63) is 50.2 Å². The second-order valence-electron chi connectivity index (χ2n) is 11.7. The van der Waals surface area contributed by atoms with Gasteiger partial charge in [-0.05, 0) is 30.9 Å². The predicted molar refractivity (Wildman–Crippen MR) is 171 cm³/mol. The number of thioether (sulfide) groups is 2. The van der Waals surface area contributed by atoms with E-state index in [0.29, 0.717) is 36.8 Å². The molecule has 19 heteroatoms. The van der Waals surface area contributed by atoms with E-state index in [0.717, 1.165) is 30.9 Å². The van der Waals surface area contributed by atoms with Crippen LogP contribution in [0.1, 0.15) is 35.7 Å². The molecule has 3 fully saturated rings. The monoisotopic (exact) mass is 731 g/mol. The van der Waals surface area contributed by atoms with E-state index in [4.69, 9.17) is 26.8 Å². The Kier molecular flexibility index (Phi) is 9.51. The fourth-order valence-corrected chi connectivity index (χ4v) is 7.75. The molecule has 6 rings (SSSR count). The molecular formula is C29H29ClF3N5O8S2. The molecule has 0 radical (unpaired) electrons. The highest BCUT2D eigenvalue weighted by atomic mass is 35.5. The van der Waals surface area contributed by atoms with Gasteiger partial charge in [-0.15, -0.1) is 0 Å². The summed E-state index contributed by atoms with van der Waals surface area (Å²) in [5.74, 6) is -8.08. The van der Waals surface area contributed by atoms with E-state index in [-0.39, 0.29) is 56.8 Å². The number of aliphatic carboxylic acids is 1. The number of carbonyl (C=O) groups excluding carboxylic acids is 3. The number of methoxy groups -OCH3 is 1. The number of pyridine rings is 1. The van der Waals surface area contributed by atoms with Gasteiger partial charge in [0.15, 0.2) is 6.23 Å². The summed E-state index contributed by atoms with van der Waals surface area (Å²) in [5.41, 5.74) is 2.81. The number of fused-ring (bicyclic) bond motifs is 2. The number of β-lactam (4-membered cyclic amide) rings is 1. The zero-order chi connectivity index (χ0) is 34.7. The number of carboxylic acids is 1. The number of amides is 2. The van der Waals surface area contributed by atoms with Crippen LogP contribution in [0.25, 0.3) is 10.9 Å². The molecule has 1 saturated carbocycles. The molecule has 2 saturated heterocycles. The maximum atomic E-state index is 15.5. The molecular weight excluding hydrogens is 703 g/mol. The summed E-state index contributed by atoms with van der Waals surface area (Å²) in [6.45, 7) is 0.483. The number of alkyl halides is 2. The minimum absolute atomic E-state index is 0.0144. The number of nitrogens with one attached hydrogen (secondary N) is 1. The number of nitrogens with two attached hydrogens (primary N) is 1.